The molecule has 0 bridgehead atoms. The molecule has 0 spiro atoms. The Balaban J connectivity index is 1.31. The molecule has 1 aliphatic heterocycles. The zero-order chi connectivity index (χ0) is 26.4. The number of esters is 1. The third-order valence-corrected chi connectivity index (χ3v) is 17.7. The highest BCUT2D eigenvalue weighted by Crippen LogP contribution is 2.81. The Morgan fingerprint density at radius 1 is 1.06 bits per heavy atom. The van der Waals surface area contributed by atoms with Gasteiger partial charge in [0.15, 0.2) is 8.32 Å². The van der Waals surface area contributed by atoms with Crippen molar-refractivity contribution in [3.8, 4) is 0 Å². The Morgan fingerprint density at radius 2 is 1.78 bits per heavy atom. The molecule has 0 amide bonds. The molecule has 206 valence electrons. The van der Waals surface area contributed by atoms with E-state index in [9.17, 15) is 4.79 Å². The summed E-state index contributed by atoms with van der Waals surface area (Å²) in [5, 5.41) is 0.272. The lowest BCUT2D eigenvalue weighted by molar-refractivity contribution is -0.141. The third kappa shape index (κ3) is 3.67. The average Bonchev–Trinajstić information content (AvgIpc) is 3.38. The lowest BCUT2D eigenvalue weighted by Crippen LogP contribution is -2.60. The minimum absolute atomic E-state index is 0.0623. The number of carbonyl (C=O) groups is 1. The van der Waals surface area contributed by atoms with Crippen molar-refractivity contribution in [2.75, 3.05) is 7.11 Å². The second-order valence-electron chi connectivity index (χ2n) is 15.6. The fourth-order valence-electron chi connectivity index (χ4n) is 10.0. The number of rotatable bonds is 6. The molecule has 5 rings (SSSR count). The fraction of sp³-hybridized carbons (Fsp3) is 0.968. The predicted molar refractivity (Wildman–Crippen MR) is 147 cm³/mol. The zero-order valence-electron chi connectivity index (χ0n) is 24.8. The van der Waals surface area contributed by atoms with Gasteiger partial charge in [0.1, 0.15) is 11.2 Å². The zero-order valence-corrected chi connectivity index (χ0v) is 25.8. The first-order chi connectivity index (χ1) is 16.7. The van der Waals surface area contributed by atoms with Gasteiger partial charge in [0.05, 0.1) is 7.11 Å². The topological polar surface area (TPSA) is 48.1 Å². The molecule has 0 unspecified atom stereocenters. The number of epoxide rings is 1. The number of hydrogen-bond donors (Lipinski definition) is 0. The molecular formula is C31H54O4Si. The summed E-state index contributed by atoms with van der Waals surface area (Å²) in [7, 11) is -0.232. The van der Waals surface area contributed by atoms with E-state index in [0.717, 1.165) is 12.3 Å². The van der Waals surface area contributed by atoms with Crippen molar-refractivity contribution in [2.45, 2.75) is 148 Å². The van der Waals surface area contributed by atoms with Gasteiger partial charge in [0, 0.05) is 17.9 Å². The van der Waals surface area contributed by atoms with Crippen molar-refractivity contribution in [3.05, 3.63) is 0 Å². The van der Waals surface area contributed by atoms with Crippen LogP contribution in [0.15, 0.2) is 0 Å². The van der Waals surface area contributed by atoms with Crippen LogP contribution in [0.25, 0.3) is 0 Å². The van der Waals surface area contributed by atoms with E-state index in [0.29, 0.717) is 41.1 Å². The van der Waals surface area contributed by atoms with E-state index in [1.807, 2.05) is 0 Å². The first-order valence-electron chi connectivity index (χ1n) is 15.1. The number of fused-ring (bicyclic) bond motifs is 2. The van der Waals surface area contributed by atoms with Gasteiger partial charge in [0.25, 0.3) is 0 Å². The van der Waals surface area contributed by atoms with Crippen LogP contribution in [0.2, 0.25) is 18.1 Å². The highest BCUT2D eigenvalue weighted by molar-refractivity contribution is 6.74. The van der Waals surface area contributed by atoms with E-state index in [-0.39, 0.29) is 22.2 Å². The molecule has 0 aromatic heterocycles. The summed E-state index contributed by atoms with van der Waals surface area (Å²) in [6, 6.07) is 0. The van der Waals surface area contributed by atoms with Crippen LogP contribution in [0.5, 0.6) is 0 Å². The van der Waals surface area contributed by atoms with Crippen molar-refractivity contribution in [1.29, 1.82) is 0 Å². The van der Waals surface area contributed by atoms with Crippen molar-refractivity contribution in [3.63, 3.8) is 0 Å². The molecule has 0 radical (unpaired) electrons. The Hall–Kier alpha value is -0.393. The van der Waals surface area contributed by atoms with Crippen LogP contribution in [-0.2, 0) is 18.7 Å². The van der Waals surface area contributed by atoms with Gasteiger partial charge < -0.3 is 13.9 Å². The summed E-state index contributed by atoms with van der Waals surface area (Å²) >= 11 is 0. The van der Waals surface area contributed by atoms with Crippen LogP contribution in [-0.4, -0.2) is 38.7 Å². The van der Waals surface area contributed by atoms with Gasteiger partial charge in [-0.1, -0.05) is 41.5 Å². The SMILES string of the molecule is COC(=O)CC[C@@H](C)[C@H]1CC[C@@H]2[C@]1(C)CC[C@@]13O[C@@]21CC[C@H]1C[C@@H](O[Si](C)(C)C(C)(C)C)CC[C@@]13C. The van der Waals surface area contributed by atoms with Crippen LogP contribution in [0.1, 0.15) is 112 Å². The minimum atomic E-state index is -1.74. The maximum absolute atomic E-state index is 11.8. The van der Waals surface area contributed by atoms with Gasteiger partial charge in [-0.05, 0) is 111 Å². The molecule has 1 heterocycles. The highest BCUT2D eigenvalue weighted by atomic mass is 28.4. The number of hydrogen-bond acceptors (Lipinski definition) is 4. The third-order valence-electron chi connectivity index (χ3n) is 13.2. The van der Waals surface area contributed by atoms with E-state index in [2.05, 4.69) is 54.6 Å². The maximum Gasteiger partial charge on any atom is 0.305 e. The maximum atomic E-state index is 11.8. The second kappa shape index (κ2) is 8.55. The van der Waals surface area contributed by atoms with Crippen LogP contribution < -0.4 is 0 Å². The lowest BCUT2D eigenvalue weighted by atomic mass is 9.44. The molecule has 0 aromatic carbocycles. The monoisotopic (exact) mass is 518 g/mol. The van der Waals surface area contributed by atoms with E-state index in [1.165, 1.54) is 64.9 Å². The minimum Gasteiger partial charge on any atom is -0.469 e. The summed E-state index contributed by atoms with van der Waals surface area (Å²) in [6.45, 7) is 19.5. The number of methoxy groups -OCH3 is 1. The first kappa shape index (κ1) is 27.2. The van der Waals surface area contributed by atoms with Gasteiger partial charge in [-0.15, -0.1) is 0 Å². The van der Waals surface area contributed by atoms with Gasteiger partial charge >= 0.3 is 5.97 Å². The highest BCUT2D eigenvalue weighted by Gasteiger charge is 2.85. The Kier molecular flexibility index (Phi) is 6.46. The van der Waals surface area contributed by atoms with Crippen LogP contribution in [0, 0.1) is 34.5 Å². The summed E-state index contributed by atoms with van der Waals surface area (Å²) in [4.78, 5) is 11.8. The normalized spacial score (nSPS) is 46.7. The van der Waals surface area contributed by atoms with Crippen molar-refractivity contribution >= 4 is 14.3 Å². The largest absolute Gasteiger partial charge is 0.469 e. The Bertz CT molecular complexity index is 880. The van der Waals surface area contributed by atoms with Crippen molar-refractivity contribution in [2.24, 2.45) is 34.5 Å². The molecule has 0 aromatic rings. The van der Waals surface area contributed by atoms with Crippen LogP contribution in [0.3, 0.4) is 0 Å². The molecule has 5 aliphatic rings. The molecule has 0 N–H and O–H groups in total. The van der Waals surface area contributed by atoms with Gasteiger partial charge in [0.2, 0.25) is 0 Å². The quantitative estimate of drug-likeness (QED) is 0.204. The molecular weight excluding hydrogens is 464 g/mol. The molecule has 4 nitrogen and oxygen atoms in total. The number of ether oxygens (including phenoxy) is 2. The smallest absolute Gasteiger partial charge is 0.305 e. The summed E-state index contributed by atoms with van der Waals surface area (Å²) in [5.74, 6) is 2.62. The lowest BCUT2D eigenvalue weighted by Gasteiger charge is -2.58. The fourth-order valence-corrected chi connectivity index (χ4v) is 11.4. The molecule has 1 saturated heterocycles. The standard InChI is InChI=1S/C31H54O4Si/c1-21(10-13-26(32)33-7)24-11-12-25-28(24,5)18-19-31-29(6)16-15-23(34-36(8,9)27(2,3)4)20-22(29)14-17-30(25,31)35-31/h21-25H,10-20H2,1-9H3/t21-,22+,23+,24-,25-,28-,29+,30+,31+/m1/s1. The Morgan fingerprint density at radius 3 is 2.44 bits per heavy atom. The molecule has 5 fully saturated rings. The first-order valence-corrected chi connectivity index (χ1v) is 18.0. The van der Waals surface area contributed by atoms with Crippen LogP contribution >= 0.6 is 0 Å². The van der Waals surface area contributed by atoms with E-state index >= 15 is 0 Å². The van der Waals surface area contributed by atoms with Crippen molar-refractivity contribution < 1.29 is 18.7 Å². The molecule has 4 aliphatic carbocycles. The molecule has 9 atom stereocenters. The van der Waals surface area contributed by atoms with Gasteiger partial charge in [-0.25, -0.2) is 0 Å². The predicted octanol–water partition coefficient (Wildman–Crippen LogP) is 7.90. The molecule has 5 heteroatoms. The van der Waals surface area contributed by atoms with Crippen molar-refractivity contribution in [1.82, 2.24) is 0 Å². The van der Waals surface area contributed by atoms with E-state index in [1.54, 1.807) is 0 Å². The van der Waals surface area contributed by atoms with E-state index in [4.69, 9.17) is 13.9 Å². The molecule has 36 heavy (non-hydrogen) atoms. The Labute approximate surface area is 222 Å². The van der Waals surface area contributed by atoms with Crippen LogP contribution in [0.4, 0.5) is 0 Å². The summed E-state index contributed by atoms with van der Waals surface area (Å²) < 4.78 is 19.1. The van der Waals surface area contributed by atoms with Gasteiger partial charge in [-0.2, -0.15) is 0 Å². The number of carbonyl (C=O) groups excluding carboxylic acids is 1. The average molecular weight is 519 g/mol. The van der Waals surface area contributed by atoms with E-state index < -0.39 is 8.32 Å². The summed E-state index contributed by atoms with van der Waals surface area (Å²) in [6.07, 6.45) is 13.3. The molecule has 4 saturated carbocycles. The summed E-state index contributed by atoms with van der Waals surface area (Å²) in [5.41, 5.74) is 0.879. The second-order valence-corrected chi connectivity index (χ2v) is 20.3. The van der Waals surface area contributed by atoms with Gasteiger partial charge in [-0.3, -0.25) is 4.79 Å².